The second-order valence-electron chi connectivity index (χ2n) is 3.72. The number of nitrogens with zero attached hydrogens (tertiary/aromatic N) is 2. The highest BCUT2D eigenvalue weighted by Gasteiger charge is 2.30. The topological polar surface area (TPSA) is 70.3 Å². The van der Waals surface area contributed by atoms with Crippen molar-refractivity contribution in [3.8, 4) is 17.4 Å². The van der Waals surface area contributed by atoms with Gasteiger partial charge in [-0.1, -0.05) is 6.07 Å². The second-order valence-corrected chi connectivity index (χ2v) is 3.72. The van der Waals surface area contributed by atoms with Crippen LogP contribution in [0.5, 0.6) is 17.4 Å². The van der Waals surface area contributed by atoms with E-state index in [0.29, 0.717) is 0 Å². The minimum atomic E-state index is -4.45. The molecule has 0 amide bonds. The van der Waals surface area contributed by atoms with Gasteiger partial charge in [0.1, 0.15) is 12.1 Å². The molecular weight excluding hydrogens is 275 g/mol. The van der Waals surface area contributed by atoms with Crippen molar-refractivity contribution in [1.29, 1.82) is 0 Å². The summed E-state index contributed by atoms with van der Waals surface area (Å²) >= 11 is 0. The zero-order valence-corrected chi connectivity index (χ0v) is 10.3. The minimum absolute atomic E-state index is 0.0313. The molecule has 0 unspecified atom stereocenters. The van der Waals surface area contributed by atoms with Crippen LogP contribution in [0.25, 0.3) is 0 Å². The van der Waals surface area contributed by atoms with Gasteiger partial charge in [-0.15, -0.1) is 0 Å². The van der Waals surface area contributed by atoms with Gasteiger partial charge in [-0.2, -0.15) is 18.2 Å². The van der Waals surface area contributed by atoms with E-state index in [1.54, 1.807) is 0 Å². The van der Waals surface area contributed by atoms with E-state index in [0.717, 1.165) is 18.5 Å². The van der Waals surface area contributed by atoms with Crippen LogP contribution in [-0.2, 0) is 6.18 Å². The Kier molecular flexibility index (Phi) is 3.64. The first-order valence-electron chi connectivity index (χ1n) is 5.41. The Morgan fingerprint density at radius 3 is 2.60 bits per heavy atom. The summed E-state index contributed by atoms with van der Waals surface area (Å²) in [6.07, 6.45) is -3.32. The molecule has 2 N–H and O–H groups in total. The average molecular weight is 285 g/mol. The highest BCUT2D eigenvalue weighted by molar-refractivity contribution is 5.52. The van der Waals surface area contributed by atoms with Crippen molar-refractivity contribution in [3.63, 3.8) is 0 Å². The standard InChI is InChI=1S/C12H10F3N3O2/c1-19-9-10(16)17-6-18-11(9)20-8-4-2-3-7(5-8)12(13,14)15/h2-6H,1H3,(H2,16,17,18). The van der Waals surface area contributed by atoms with Crippen molar-refractivity contribution in [3.05, 3.63) is 36.2 Å². The molecule has 0 aliphatic heterocycles. The highest BCUT2D eigenvalue weighted by Crippen LogP contribution is 2.35. The number of ether oxygens (including phenoxy) is 2. The third kappa shape index (κ3) is 2.90. The smallest absolute Gasteiger partial charge is 0.416 e. The third-order valence-corrected chi connectivity index (χ3v) is 2.38. The number of nitrogen functional groups attached to an aromatic ring is 1. The van der Waals surface area contributed by atoms with E-state index >= 15 is 0 Å². The average Bonchev–Trinajstić information content (AvgIpc) is 2.38. The molecule has 0 spiro atoms. The number of alkyl halides is 3. The Bertz CT molecular complexity index is 617. The summed E-state index contributed by atoms with van der Waals surface area (Å²) in [6.45, 7) is 0. The van der Waals surface area contributed by atoms with Crippen LogP contribution in [0, 0.1) is 0 Å². The number of anilines is 1. The van der Waals surface area contributed by atoms with E-state index in [1.165, 1.54) is 19.2 Å². The lowest BCUT2D eigenvalue weighted by Crippen LogP contribution is -2.05. The predicted molar refractivity (Wildman–Crippen MR) is 64.5 cm³/mol. The molecule has 0 saturated heterocycles. The zero-order valence-electron chi connectivity index (χ0n) is 10.3. The maximum absolute atomic E-state index is 12.6. The number of hydrogen-bond donors (Lipinski definition) is 1. The van der Waals surface area contributed by atoms with E-state index in [9.17, 15) is 13.2 Å². The molecule has 2 rings (SSSR count). The molecule has 0 saturated carbocycles. The maximum Gasteiger partial charge on any atom is 0.416 e. The SMILES string of the molecule is COc1c(N)ncnc1Oc1cccc(C(F)(F)F)c1. The largest absolute Gasteiger partial charge is 0.489 e. The van der Waals surface area contributed by atoms with Gasteiger partial charge in [0.15, 0.2) is 5.82 Å². The first kappa shape index (κ1) is 13.9. The van der Waals surface area contributed by atoms with Crippen LogP contribution in [0.4, 0.5) is 19.0 Å². The second kappa shape index (κ2) is 5.24. The third-order valence-electron chi connectivity index (χ3n) is 2.38. The number of rotatable bonds is 3. The fraction of sp³-hybridized carbons (Fsp3) is 0.167. The van der Waals surface area contributed by atoms with Crippen molar-refractivity contribution < 1.29 is 22.6 Å². The van der Waals surface area contributed by atoms with Gasteiger partial charge >= 0.3 is 6.18 Å². The number of methoxy groups -OCH3 is 1. The van der Waals surface area contributed by atoms with Crippen molar-refractivity contribution in [2.45, 2.75) is 6.18 Å². The highest BCUT2D eigenvalue weighted by atomic mass is 19.4. The summed E-state index contributed by atoms with van der Waals surface area (Å²) < 4.78 is 48.0. The molecule has 2 aromatic rings. The first-order valence-corrected chi connectivity index (χ1v) is 5.41. The fourth-order valence-electron chi connectivity index (χ4n) is 1.48. The molecule has 0 radical (unpaired) electrons. The monoisotopic (exact) mass is 285 g/mol. The molecule has 1 heterocycles. The summed E-state index contributed by atoms with van der Waals surface area (Å²) in [5, 5.41) is 0. The van der Waals surface area contributed by atoms with Crippen LogP contribution in [0.1, 0.15) is 5.56 Å². The number of aromatic nitrogens is 2. The summed E-state index contributed by atoms with van der Waals surface area (Å²) in [6, 6.07) is 4.40. The quantitative estimate of drug-likeness (QED) is 0.939. The van der Waals surface area contributed by atoms with Gasteiger partial charge in [0, 0.05) is 0 Å². The molecule has 0 fully saturated rings. The summed E-state index contributed by atoms with van der Waals surface area (Å²) in [5.74, 6) is 0.00457. The fourth-order valence-corrected chi connectivity index (χ4v) is 1.48. The minimum Gasteiger partial charge on any atom is -0.489 e. The van der Waals surface area contributed by atoms with Gasteiger partial charge < -0.3 is 15.2 Å². The first-order chi connectivity index (χ1) is 9.41. The van der Waals surface area contributed by atoms with Crippen LogP contribution in [-0.4, -0.2) is 17.1 Å². The molecule has 5 nitrogen and oxygen atoms in total. The van der Waals surface area contributed by atoms with E-state index in [4.69, 9.17) is 15.2 Å². The lowest BCUT2D eigenvalue weighted by atomic mass is 10.2. The van der Waals surface area contributed by atoms with Gasteiger partial charge in [0.2, 0.25) is 5.75 Å². The molecule has 8 heteroatoms. The van der Waals surface area contributed by atoms with E-state index in [2.05, 4.69) is 9.97 Å². The van der Waals surface area contributed by atoms with Crippen molar-refractivity contribution >= 4 is 5.82 Å². The van der Waals surface area contributed by atoms with Crippen LogP contribution in [0.2, 0.25) is 0 Å². The van der Waals surface area contributed by atoms with Gasteiger partial charge in [-0.05, 0) is 18.2 Å². The van der Waals surface area contributed by atoms with Crippen LogP contribution in [0.3, 0.4) is 0 Å². The Hall–Kier alpha value is -2.51. The Balaban J connectivity index is 2.34. The lowest BCUT2D eigenvalue weighted by molar-refractivity contribution is -0.137. The number of hydrogen-bond acceptors (Lipinski definition) is 5. The van der Waals surface area contributed by atoms with Gasteiger partial charge in [0.05, 0.1) is 12.7 Å². The molecule has 1 aromatic heterocycles. The van der Waals surface area contributed by atoms with Gasteiger partial charge in [-0.3, -0.25) is 0 Å². The number of halogens is 3. The lowest BCUT2D eigenvalue weighted by Gasteiger charge is -2.11. The van der Waals surface area contributed by atoms with Crippen LogP contribution < -0.4 is 15.2 Å². The van der Waals surface area contributed by atoms with Gasteiger partial charge in [-0.25, -0.2) is 4.98 Å². The van der Waals surface area contributed by atoms with Crippen molar-refractivity contribution in [2.24, 2.45) is 0 Å². The Morgan fingerprint density at radius 2 is 1.95 bits per heavy atom. The van der Waals surface area contributed by atoms with E-state index < -0.39 is 11.7 Å². The summed E-state index contributed by atoms with van der Waals surface area (Å²) in [4.78, 5) is 7.47. The number of benzene rings is 1. The summed E-state index contributed by atoms with van der Waals surface area (Å²) in [7, 11) is 1.33. The van der Waals surface area contributed by atoms with Crippen LogP contribution >= 0.6 is 0 Å². The molecular formula is C12H10F3N3O2. The van der Waals surface area contributed by atoms with Crippen LogP contribution in [0.15, 0.2) is 30.6 Å². The molecule has 106 valence electrons. The van der Waals surface area contributed by atoms with E-state index in [-0.39, 0.29) is 23.2 Å². The molecule has 0 aliphatic carbocycles. The Morgan fingerprint density at radius 1 is 1.20 bits per heavy atom. The van der Waals surface area contributed by atoms with Gasteiger partial charge in [0.25, 0.3) is 5.88 Å². The molecule has 20 heavy (non-hydrogen) atoms. The molecule has 1 aromatic carbocycles. The van der Waals surface area contributed by atoms with E-state index in [1.807, 2.05) is 0 Å². The normalized spacial score (nSPS) is 11.2. The predicted octanol–water partition coefficient (Wildman–Crippen LogP) is 2.88. The summed E-state index contributed by atoms with van der Waals surface area (Å²) in [5.41, 5.74) is 4.73. The molecule has 0 aliphatic rings. The zero-order chi connectivity index (χ0) is 14.8. The Labute approximate surface area is 112 Å². The molecule has 0 atom stereocenters. The maximum atomic E-state index is 12.6. The van der Waals surface area contributed by atoms with Crippen molar-refractivity contribution in [2.75, 3.05) is 12.8 Å². The van der Waals surface area contributed by atoms with Crippen molar-refractivity contribution in [1.82, 2.24) is 9.97 Å². The molecule has 0 bridgehead atoms. The number of nitrogens with two attached hydrogens (primary N) is 1.